The Bertz CT molecular complexity index is 621. The Labute approximate surface area is 141 Å². The third-order valence-electron chi connectivity index (χ3n) is 3.12. The van der Waals surface area contributed by atoms with Crippen molar-refractivity contribution in [3.63, 3.8) is 0 Å². The first-order valence-corrected chi connectivity index (χ1v) is 7.94. The molecule has 24 heavy (non-hydrogen) atoms. The molecular formula is C14H20F3N3O3S. The van der Waals surface area contributed by atoms with Crippen LogP contribution >= 0.6 is 11.3 Å². The van der Waals surface area contributed by atoms with Gasteiger partial charge in [0.05, 0.1) is 6.04 Å². The van der Waals surface area contributed by atoms with Crippen LogP contribution in [0.3, 0.4) is 0 Å². The van der Waals surface area contributed by atoms with E-state index >= 15 is 0 Å². The maximum absolute atomic E-state index is 13.1. The van der Waals surface area contributed by atoms with Crippen molar-refractivity contribution in [2.75, 3.05) is 0 Å². The van der Waals surface area contributed by atoms with Gasteiger partial charge in [0, 0.05) is 5.41 Å². The lowest BCUT2D eigenvalue weighted by Crippen LogP contribution is -2.39. The van der Waals surface area contributed by atoms with Crippen LogP contribution in [0.2, 0.25) is 0 Å². The molecule has 2 amide bonds. The molecule has 0 saturated carbocycles. The van der Waals surface area contributed by atoms with E-state index < -0.39 is 34.1 Å². The molecule has 0 aliphatic carbocycles. The summed E-state index contributed by atoms with van der Waals surface area (Å²) in [4.78, 5) is 26.4. The van der Waals surface area contributed by atoms with E-state index in [1.54, 1.807) is 34.6 Å². The summed E-state index contributed by atoms with van der Waals surface area (Å²) in [7, 11) is 0. The van der Waals surface area contributed by atoms with Crippen LogP contribution in [0.5, 0.6) is 0 Å². The lowest BCUT2D eigenvalue weighted by Gasteiger charge is -2.25. The zero-order chi connectivity index (χ0) is 18.9. The highest BCUT2D eigenvalue weighted by Gasteiger charge is 2.41. The highest BCUT2D eigenvalue weighted by atomic mass is 32.1. The summed E-state index contributed by atoms with van der Waals surface area (Å²) in [5, 5.41) is 11.3. The first kappa shape index (κ1) is 20.4. The summed E-state index contributed by atoms with van der Waals surface area (Å²) in [6.07, 6.45) is -4.86. The molecule has 3 N–H and O–H groups in total. The van der Waals surface area contributed by atoms with E-state index in [0.29, 0.717) is 11.3 Å². The number of carbonyl (C=O) groups excluding carboxylic acids is 2. The van der Waals surface area contributed by atoms with Crippen LogP contribution in [-0.4, -0.2) is 22.0 Å². The van der Waals surface area contributed by atoms with Crippen molar-refractivity contribution in [2.45, 2.75) is 46.8 Å². The van der Waals surface area contributed by atoms with Gasteiger partial charge in [0.1, 0.15) is 9.88 Å². The summed E-state index contributed by atoms with van der Waals surface area (Å²) in [5.41, 5.74) is -0.934. The standard InChI is InChI=1S/C14H20F3N3O3S/c1-6(2)7(18-12(22)13(3,4)5)11-19-9(14(15,16)17)8(24-11)10(21)20-23/h6-7,23H,1-5H3,(H,18,22)(H,20,21). The summed E-state index contributed by atoms with van der Waals surface area (Å²) in [6, 6.07) is -0.789. The predicted molar refractivity (Wildman–Crippen MR) is 81.5 cm³/mol. The quantitative estimate of drug-likeness (QED) is 0.563. The number of aromatic nitrogens is 1. The number of hydroxylamine groups is 1. The Kier molecular flexibility index (Phi) is 5.99. The average Bonchev–Trinajstić information content (AvgIpc) is 2.86. The van der Waals surface area contributed by atoms with Crippen molar-refractivity contribution in [3.8, 4) is 0 Å². The Morgan fingerprint density at radius 3 is 2.12 bits per heavy atom. The van der Waals surface area contributed by atoms with Gasteiger partial charge in [0.2, 0.25) is 5.91 Å². The minimum atomic E-state index is -4.86. The summed E-state index contributed by atoms with van der Waals surface area (Å²) in [6.45, 7) is 8.45. The number of nitrogens with zero attached hydrogens (tertiary/aromatic N) is 1. The third-order valence-corrected chi connectivity index (χ3v) is 4.26. The van der Waals surface area contributed by atoms with Gasteiger partial charge in [-0.25, -0.2) is 10.5 Å². The molecule has 0 spiro atoms. The maximum Gasteiger partial charge on any atom is 0.435 e. The Balaban J connectivity index is 3.33. The van der Waals surface area contributed by atoms with Crippen molar-refractivity contribution >= 4 is 23.2 Å². The van der Waals surface area contributed by atoms with Crippen molar-refractivity contribution in [2.24, 2.45) is 11.3 Å². The topological polar surface area (TPSA) is 91.3 Å². The molecule has 0 aliphatic rings. The van der Waals surface area contributed by atoms with E-state index in [9.17, 15) is 22.8 Å². The molecule has 0 aromatic carbocycles. The molecule has 1 aromatic rings. The van der Waals surface area contributed by atoms with Gasteiger partial charge in [-0.05, 0) is 5.92 Å². The van der Waals surface area contributed by atoms with Crippen LogP contribution in [0, 0.1) is 11.3 Å². The van der Waals surface area contributed by atoms with Gasteiger partial charge in [0.25, 0.3) is 5.91 Å². The van der Waals surface area contributed by atoms with Crippen LogP contribution in [0.4, 0.5) is 13.2 Å². The molecule has 1 atom stereocenters. The van der Waals surface area contributed by atoms with E-state index in [4.69, 9.17) is 5.21 Å². The van der Waals surface area contributed by atoms with Crippen LogP contribution in [0.15, 0.2) is 0 Å². The van der Waals surface area contributed by atoms with Crippen molar-refractivity contribution in [3.05, 3.63) is 15.6 Å². The van der Waals surface area contributed by atoms with E-state index in [0.717, 1.165) is 0 Å². The van der Waals surface area contributed by atoms with Gasteiger partial charge >= 0.3 is 6.18 Å². The second kappa shape index (κ2) is 7.06. The molecule has 0 saturated heterocycles. The van der Waals surface area contributed by atoms with E-state index in [1.165, 1.54) is 5.48 Å². The van der Waals surface area contributed by atoms with Crippen molar-refractivity contribution in [1.29, 1.82) is 0 Å². The molecule has 136 valence electrons. The zero-order valence-corrected chi connectivity index (χ0v) is 14.7. The van der Waals surface area contributed by atoms with E-state index in [2.05, 4.69) is 10.3 Å². The Morgan fingerprint density at radius 2 is 1.75 bits per heavy atom. The van der Waals surface area contributed by atoms with Gasteiger partial charge in [-0.3, -0.25) is 14.8 Å². The SMILES string of the molecule is CC(C)C(NC(=O)C(C)(C)C)c1nc(C(F)(F)F)c(C(=O)NO)s1. The summed E-state index contributed by atoms with van der Waals surface area (Å²) >= 11 is 0.490. The van der Waals surface area contributed by atoms with Crippen molar-refractivity contribution in [1.82, 2.24) is 15.8 Å². The fourth-order valence-corrected chi connectivity index (χ4v) is 2.94. The minimum absolute atomic E-state index is 0.0477. The molecule has 1 rings (SSSR count). The maximum atomic E-state index is 13.1. The third kappa shape index (κ3) is 4.67. The molecule has 10 heteroatoms. The number of rotatable bonds is 4. The van der Waals surface area contributed by atoms with Gasteiger partial charge in [-0.2, -0.15) is 13.2 Å². The number of halogens is 3. The van der Waals surface area contributed by atoms with Gasteiger partial charge in [-0.1, -0.05) is 34.6 Å². The van der Waals surface area contributed by atoms with Gasteiger partial charge < -0.3 is 5.32 Å². The molecule has 1 heterocycles. The lowest BCUT2D eigenvalue weighted by atomic mass is 9.94. The monoisotopic (exact) mass is 367 g/mol. The van der Waals surface area contributed by atoms with Crippen molar-refractivity contribution < 1.29 is 28.0 Å². The Morgan fingerprint density at radius 1 is 1.21 bits per heavy atom. The number of nitrogens with one attached hydrogen (secondary N) is 2. The first-order valence-electron chi connectivity index (χ1n) is 7.12. The van der Waals surface area contributed by atoms with Crippen LogP contribution < -0.4 is 10.8 Å². The molecule has 0 radical (unpaired) electrons. The fraction of sp³-hybridized carbons (Fsp3) is 0.643. The number of hydrogen-bond acceptors (Lipinski definition) is 5. The van der Waals surface area contributed by atoms with Gasteiger partial charge in [-0.15, -0.1) is 11.3 Å². The van der Waals surface area contributed by atoms with Gasteiger partial charge in [0.15, 0.2) is 5.69 Å². The lowest BCUT2D eigenvalue weighted by molar-refractivity contribution is -0.141. The minimum Gasteiger partial charge on any atom is -0.346 e. The Hall–Kier alpha value is -1.68. The smallest absolute Gasteiger partial charge is 0.346 e. The molecule has 1 unspecified atom stereocenters. The molecule has 1 aromatic heterocycles. The molecular weight excluding hydrogens is 347 g/mol. The van der Waals surface area contributed by atoms with Crippen LogP contribution in [0.1, 0.15) is 61.0 Å². The molecule has 6 nitrogen and oxygen atoms in total. The number of amides is 2. The fourth-order valence-electron chi connectivity index (χ4n) is 1.74. The number of carbonyl (C=O) groups is 2. The molecule has 0 fully saturated rings. The normalized spacial score (nSPS) is 13.8. The molecule has 0 bridgehead atoms. The van der Waals surface area contributed by atoms with E-state index in [1.807, 2.05) is 0 Å². The largest absolute Gasteiger partial charge is 0.435 e. The van der Waals surface area contributed by atoms with Crippen LogP contribution in [-0.2, 0) is 11.0 Å². The predicted octanol–water partition coefficient (Wildman–Crippen LogP) is 3.14. The molecule has 0 aliphatic heterocycles. The zero-order valence-electron chi connectivity index (χ0n) is 13.9. The highest BCUT2D eigenvalue weighted by Crippen LogP contribution is 2.37. The second-order valence-electron chi connectivity index (χ2n) is 6.61. The number of alkyl halides is 3. The average molecular weight is 367 g/mol. The second-order valence-corrected chi connectivity index (χ2v) is 7.64. The van der Waals surface area contributed by atoms with Crippen LogP contribution in [0.25, 0.3) is 0 Å². The summed E-state index contributed by atoms with van der Waals surface area (Å²) in [5.74, 6) is -1.90. The summed E-state index contributed by atoms with van der Waals surface area (Å²) < 4.78 is 39.2. The number of thiazole rings is 1. The number of hydrogen-bond donors (Lipinski definition) is 3. The van der Waals surface area contributed by atoms with E-state index in [-0.39, 0.29) is 16.8 Å². The first-order chi connectivity index (χ1) is 10.8. The highest BCUT2D eigenvalue weighted by molar-refractivity contribution is 7.13.